The van der Waals surface area contributed by atoms with E-state index in [-0.39, 0.29) is 22.6 Å². The molecule has 0 bridgehead atoms. The molecule has 0 fully saturated rings. The predicted octanol–water partition coefficient (Wildman–Crippen LogP) is 4.22. The Balaban J connectivity index is 1.61. The zero-order valence-corrected chi connectivity index (χ0v) is 14.6. The van der Waals surface area contributed by atoms with Crippen LogP contribution in [-0.2, 0) is 4.79 Å². The van der Waals surface area contributed by atoms with Gasteiger partial charge in [0.1, 0.15) is 5.82 Å². The van der Waals surface area contributed by atoms with Crippen LogP contribution in [0.3, 0.4) is 0 Å². The number of carbonyl (C=O) groups is 1. The van der Waals surface area contributed by atoms with Crippen molar-refractivity contribution in [3.05, 3.63) is 59.4 Å². The van der Waals surface area contributed by atoms with Crippen molar-refractivity contribution >= 4 is 23.4 Å². The molecule has 2 aromatic carbocycles. The summed E-state index contributed by atoms with van der Waals surface area (Å²) in [6, 6.07) is 11.9. The van der Waals surface area contributed by atoms with E-state index in [1.54, 1.807) is 12.1 Å². The summed E-state index contributed by atoms with van der Waals surface area (Å²) in [6.07, 6.45) is 0. The van der Waals surface area contributed by atoms with Crippen LogP contribution in [0.1, 0.15) is 11.1 Å². The number of hydrogen-bond donors (Lipinski definition) is 1. The van der Waals surface area contributed by atoms with Crippen molar-refractivity contribution in [1.29, 1.82) is 0 Å². The molecule has 0 radical (unpaired) electrons. The fraction of sp³-hybridized carbons (Fsp3) is 0.167. The molecule has 0 aliphatic heterocycles. The first-order valence-corrected chi connectivity index (χ1v) is 8.60. The standard InChI is InChI=1S/C18H16FN3O2S/c1-11-7-8-13(9-12(11)2)17-21-22-18(24-17)25-10-16(23)20-15-6-4-3-5-14(15)19/h3-9H,10H2,1-2H3,(H,20,23). The first-order valence-electron chi connectivity index (χ1n) is 7.61. The largest absolute Gasteiger partial charge is 0.411 e. The van der Waals surface area contributed by atoms with Gasteiger partial charge < -0.3 is 9.73 Å². The molecule has 1 N–H and O–H groups in total. The van der Waals surface area contributed by atoms with Gasteiger partial charge in [-0.25, -0.2) is 4.39 Å². The minimum absolute atomic E-state index is 0.0445. The number of anilines is 1. The van der Waals surface area contributed by atoms with Gasteiger partial charge in [0.2, 0.25) is 11.8 Å². The van der Waals surface area contributed by atoms with Crippen LogP contribution < -0.4 is 5.32 Å². The molecule has 0 aliphatic rings. The molecule has 0 spiro atoms. The van der Waals surface area contributed by atoms with Crippen molar-refractivity contribution in [1.82, 2.24) is 10.2 Å². The van der Waals surface area contributed by atoms with E-state index >= 15 is 0 Å². The number of rotatable bonds is 5. The van der Waals surface area contributed by atoms with E-state index in [4.69, 9.17) is 4.42 Å². The lowest BCUT2D eigenvalue weighted by Gasteiger charge is -2.04. The Morgan fingerprint density at radius 2 is 1.96 bits per heavy atom. The normalized spacial score (nSPS) is 10.7. The highest BCUT2D eigenvalue weighted by atomic mass is 32.2. The Hall–Kier alpha value is -2.67. The second kappa shape index (κ2) is 7.48. The number of aryl methyl sites for hydroxylation is 2. The van der Waals surface area contributed by atoms with Crippen LogP contribution in [0.4, 0.5) is 10.1 Å². The molecule has 3 aromatic rings. The number of thioether (sulfide) groups is 1. The molecular formula is C18H16FN3O2S. The lowest BCUT2D eigenvalue weighted by Crippen LogP contribution is -2.14. The molecule has 0 aliphatic carbocycles. The Morgan fingerprint density at radius 1 is 1.16 bits per heavy atom. The molecular weight excluding hydrogens is 341 g/mol. The van der Waals surface area contributed by atoms with Crippen LogP contribution in [0.2, 0.25) is 0 Å². The number of benzene rings is 2. The van der Waals surface area contributed by atoms with Crippen LogP contribution in [0.5, 0.6) is 0 Å². The number of amides is 1. The maximum atomic E-state index is 13.5. The topological polar surface area (TPSA) is 68.0 Å². The number of hydrogen-bond acceptors (Lipinski definition) is 5. The molecule has 5 nitrogen and oxygen atoms in total. The highest BCUT2D eigenvalue weighted by Crippen LogP contribution is 2.25. The zero-order valence-electron chi connectivity index (χ0n) is 13.7. The molecule has 25 heavy (non-hydrogen) atoms. The van der Waals surface area contributed by atoms with Crippen molar-refractivity contribution in [3.63, 3.8) is 0 Å². The monoisotopic (exact) mass is 357 g/mol. The van der Waals surface area contributed by atoms with Crippen molar-refractivity contribution < 1.29 is 13.6 Å². The minimum atomic E-state index is -0.476. The SMILES string of the molecule is Cc1ccc(-c2nnc(SCC(=O)Nc3ccccc3F)o2)cc1C. The van der Waals surface area contributed by atoms with Gasteiger partial charge in [0.05, 0.1) is 11.4 Å². The maximum Gasteiger partial charge on any atom is 0.277 e. The van der Waals surface area contributed by atoms with Gasteiger partial charge in [0.15, 0.2) is 0 Å². The molecule has 7 heteroatoms. The van der Waals surface area contributed by atoms with Gasteiger partial charge in [-0.2, -0.15) is 0 Å². The van der Waals surface area contributed by atoms with E-state index in [0.717, 1.165) is 22.9 Å². The Bertz CT molecular complexity index is 911. The Labute approximate surface area is 148 Å². The summed E-state index contributed by atoms with van der Waals surface area (Å²) in [7, 11) is 0. The molecule has 0 atom stereocenters. The second-order valence-electron chi connectivity index (χ2n) is 5.49. The Kier molecular flexibility index (Phi) is 5.14. The molecule has 0 unspecified atom stereocenters. The van der Waals surface area contributed by atoms with E-state index < -0.39 is 5.82 Å². The summed E-state index contributed by atoms with van der Waals surface area (Å²) < 4.78 is 19.1. The summed E-state index contributed by atoms with van der Waals surface area (Å²) in [5.74, 6) is -0.375. The molecule has 1 heterocycles. The van der Waals surface area contributed by atoms with Gasteiger partial charge in [-0.15, -0.1) is 10.2 Å². The van der Waals surface area contributed by atoms with Gasteiger partial charge >= 0.3 is 0 Å². The van der Waals surface area contributed by atoms with Gasteiger partial charge in [-0.1, -0.05) is 30.0 Å². The van der Waals surface area contributed by atoms with E-state index in [1.807, 2.05) is 32.0 Å². The van der Waals surface area contributed by atoms with Crippen LogP contribution in [0.25, 0.3) is 11.5 Å². The number of carbonyl (C=O) groups excluding carboxylic acids is 1. The first kappa shape index (κ1) is 17.2. The summed E-state index contributed by atoms with van der Waals surface area (Å²) in [4.78, 5) is 11.9. The maximum absolute atomic E-state index is 13.5. The second-order valence-corrected chi connectivity index (χ2v) is 6.42. The number of halogens is 1. The van der Waals surface area contributed by atoms with Gasteiger partial charge in [-0.05, 0) is 49.2 Å². The van der Waals surface area contributed by atoms with Crippen molar-refractivity contribution in [2.45, 2.75) is 19.1 Å². The highest BCUT2D eigenvalue weighted by Gasteiger charge is 2.12. The molecule has 0 saturated heterocycles. The average Bonchev–Trinajstić information content (AvgIpc) is 3.07. The summed E-state index contributed by atoms with van der Waals surface area (Å²) in [5, 5.41) is 10.7. The van der Waals surface area contributed by atoms with Crippen molar-refractivity contribution in [2.75, 3.05) is 11.1 Å². The van der Waals surface area contributed by atoms with Gasteiger partial charge in [0.25, 0.3) is 5.22 Å². The summed E-state index contributed by atoms with van der Waals surface area (Å²) in [5.41, 5.74) is 3.30. The van der Waals surface area contributed by atoms with Gasteiger partial charge in [0, 0.05) is 5.56 Å². The van der Waals surface area contributed by atoms with Crippen LogP contribution in [0, 0.1) is 19.7 Å². The fourth-order valence-corrected chi connectivity index (χ4v) is 2.70. The molecule has 128 valence electrons. The van der Waals surface area contributed by atoms with Crippen LogP contribution in [0.15, 0.2) is 52.1 Å². The quantitative estimate of drug-likeness (QED) is 0.692. The molecule has 1 amide bonds. The lowest BCUT2D eigenvalue weighted by atomic mass is 10.1. The van der Waals surface area contributed by atoms with Crippen LogP contribution >= 0.6 is 11.8 Å². The minimum Gasteiger partial charge on any atom is -0.411 e. The first-order chi connectivity index (χ1) is 12.0. The smallest absolute Gasteiger partial charge is 0.277 e. The number of aromatic nitrogens is 2. The third-order valence-corrected chi connectivity index (χ3v) is 4.45. The predicted molar refractivity (Wildman–Crippen MR) is 95.0 cm³/mol. The highest BCUT2D eigenvalue weighted by molar-refractivity contribution is 7.99. The van der Waals surface area contributed by atoms with E-state index in [1.165, 1.54) is 17.7 Å². The summed E-state index contributed by atoms with van der Waals surface area (Å²) >= 11 is 1.10. The zero-order chi connectivity index (χ0) is 17.8. The number of para-hydroxylation sites is 1. The van der Waals surface area contributed by atoms with E-state index in [2.05, 4.69) is 15.5 Å². The summed E-state index contributed by atoms with van der Waals surface area (Å²) in [6.45, 7) is 4.04. The average molecular weight is 357 g/mol. The van der Waals surface area contributed by atoms with Crippen molar-refractivity contribution in [3.8, 4) is 11.5 Å². The molecule has 0 saturated carbocycles. The molecule has 1 aromatic heterocycles. The van der Waals surface area contributed by atoms with E-state index in [0.29, 0.717) is 5.89 Å². The lowest BCUT2D eigenvalue weighted by molar-refractivity contribution is -0.113. The Morgan fingerprint density at radius 3 is 2.72 bits per heavy atom. The fourth-order valence-electron chi connectivity index (χ4n) is 2.14. The van der Waals surface area contributed by atoms with Crippen molar-refractivity contribution in [2.24, 2.45) is 0 Å². The van der Waals surface area contributed by atoms with E-state index in [9.17, 15) is 9.18 Å². The molecule has 3 rings (SSSR count). The van der Waals surface area contributed by atoms with Crippen LogP contribution in [-0.4, -0.2) is 21.9 Å². The number of nitrogens with one attached hydrogen (secondary N) is 1. The third-order valence-electron chi connectivity index (χ3n) is 3.64. The van der Waals surface area contributed by atoms with Gasteiger partial charge in [-0.3, -0.25) is 4.79 Å². The third kappa shape index (κ3) is 4.24. The number of nitrogens with zero attached hydrogens (tertiary/aromatic N) is 2.